The number of para-hydroxylation sites is 1. The smallest absolute Gasteiger partial charge is 0.125 e. The molecule has 21 heavy (non-hydrogen) atoms. The molecule has 0 saturated carbocycles. The van der Waals surface area contributed by atoms with E-state index < -0.39 is 6.10 Å². The van der Waals surface area contributed by atoms with Crippen molar-refractivity contribution in [1.82, 2.24) is 0 Å². The van der Waals surface area contributed by atoms with Gasteiger partial charge in [-0.15, -0.1) is 0 Å². The van der Waals surface area contributed by atoms with Gasteiger partial charge >= 0.3 is 0 Å². The fourth-order valence-electron chi connectivity index (χ4n) is 2.27. The topological polar surface area (TPSA) is 38.7 Å². The minimum Gasteiger partial charge on any atom is -0.496 e. The number of ether oxygens (including phenoxy) is 2. The van der Waals surface area contributed by atoms with Crippen LogP contribution in [-0.2, 0) is 6.42 Å². The van der Waals surface area contributed by atoms with Gasteiger partial charge in [-0.3, -0.25) is 0 Å². The zero-order valence-electron chi connectivity index (χ0n) is 12.2. The highest BCUT2D eigenvalue weighted by Gasteiger charge is 2.16. The number of halogens is 1. The molecular formula is C17H19ClO3. The van der Waals surface area contributed by atoms with Crippen LogP contribution in [0.15, 0.2) is 42.5 Å². The summed E-state index contributed by atoms with van der Waals surface area (Å²) >= 11 is 6.02. The Kier molecular flexibility index (Phi) is 5.48. The minimum absolute atomic E-state index is 0.411. The normalized spacial score (nSPS) is 12.0. The number of hydrogen-bond acceptors (Lipinski definition) is 3. The van der Waals surface area contributed by atoms with Gasteiger partial charge in [0.05, 0.1) is 19.8 Å². The SMILES string of the molecule is CCOc1ccccc1C(O)Cc1cc(Cl)ccc1OC. The van der Waals surface area contributed by atoms with Crippen molar-refractivity contribution < 1.29 is 14.6 Å². The highest BCUT2D eigenvalue weighted by Crippen LogP contribution is 2.31. The van der Waals surface area contributed by atoms with Crippen LogP contribution < -0.4 is 9.47 Å². The van der Waals surface area contributed by atoms with Gasteiger partial charge in [-0.1, -0.05) is 29.8 Å². The van der Waals surface area contributed by atoms with Gasteiger partial charge in [0.25, 0.3) is 0 Å². The van der Waals surface area contributed by atoms with E-state index >= 15 is 0 Å². The van der Waals surface area contributed by atoms with Gasteiger partial charge < -0.3 is 14.6 Å². The fourth-order valence-corrected chi connectivity index (χ4v) is 2.46. The van der Waals surface area contributed by atoms with Crippen LogP contribution in [0.3, 0.4) is 0 Å². The lowest BCUT2D eigenvalue weighted by Crippen LogP contribution is -2.06. The van der Waals surface area contributed by atoms with Crippen LogP contribution in [0.1, 0.15) is 24.2 Å². The molecule has 0 spiro atoms. The van der Waals surface area contributed by atoms with Crippen molar-refractivity contribution in [2.75, 3.05) is 13.7 Å². The van der Waals surface area contributed by atoms with Gasteiger partial charge in [0.1, 0.15) is 11.5 Å². The van der Waals surface area contributed by atoms with Gasteiger partial charge in [0.2, 0.25) is 0 Å². The number of benzene rings is 2. The molecule has 0 aromatic heterocycles. The summed E-state index contributed by atoms with van der Waals surface area (Å²) in [5.74, 6) is 1.42. The maximum absolute atomic E-state index is 10.5. The summed E-state index contributed by atoms with van der Waals surface area (Å²) in [4.78, 5) is 0. The molecule has 0 aliphatic carbocycles. The molecule has 0 saturated heterocycles. The van der Waals surface area contributed by atoms with Crippen molar-refractivity contribution in [3.63, 3.8) is 0 Å². The first-order valence-electron chi connectivity index (χ1n) is 6.88. The predicted octanol–water partition coefficient (Wildman–Crippen LogP) is 4.02. The second-order valence-electron chi connectivity index (χ2n) is 4.65. The quantitative estimate of drug-likeness (QED) is 0.876. The van der Waals surface area contributed by atoms with Crippen molar-refractivity contribution in [1.29, 1.82) is 0 Å². The van der Waals surface area contributed by atoms with Crippen LogP contribution in [-0.4, -0.2) is 18.8 Å². The van der Waals surface area contributed by atoms with Gasteiger partial charge in [-0.2, -0.15) is 0 Å². The van der Waals surface area contributed by atoms with Crippen LogP contribution in [0.25, 0.3) is 0 Å². The molecule has 0 bridgehead atoms. The summed E-state index contributed by atoms with van der Waals surface area (Å²) in [6.45, 7) is 2.48. The van der Waals surface area contributed by atoms with E-state index in [1.54, 1.807) is 19.2 Å². The Morgan fingerprint density at radius 2 is 1.90 bits per heavy atom. The summed E-state index contributed by atoms with van der Waals surface area (Å²) in [6, 6.07) is 12.9. The molecule has 4 heteroatoms. The molecule has 112 valence electrons. The Balaban J connectivity index is 2.26. The van der Waals surface area contributed by atoms with Crippen molar-refractivity contribution in [2.24, 2.45) is 0 Å². The second-order valence-corrected chi connectivity index (χ2v) is 5.08. The predicted molar refractivity (Wildman–Crippen MR) is 84.3 cm³/mol. The largest absolute Gasteiger partial charge is 0.496 e. The Hall–Kier alpha value is -1.71. The third kappa shape index (κ3) is 3.90. The van der Waals surface area contributed by atoms with E-state index in [1.807, 2.05) is 37.3 Å². The van der Waals surface area contributed by atoms with Crippen LogP contribution >= 0.6 is 11.6 Å². The highest BCUT2D eigenvalue weighted by atomic mass is 35.5. The van der Waals surface area contributed by atoms with Crippen molar-refractivity contribution in [3.8, 4) is 11.5 Å². The average molecular weight is 307 g/mol. The number of aliphatic hydroxyl groups excluding tert-OH is 1. The monoisotopic (exact) mass is 306 g/mol. The van der Waals surface area contributed by atoms with E-state index in [0.29, 0.717) is 29.5 Å². The first-order chi connectivity index (χ1) is 10.2. The van der Waals surface area contributed by atoms with E-state index in [9.17, 15) is 5.11 Å². The molecule has 0 aliphatic heterocycles. The zero-order chi connectivity index (χ0) is 15.2. The van der Waals surface area contributed by atoms with E-state index in [4.69, 9.17) is 21.1 Å². The molecule has 1 unspecified atom stereocenters. The molecule has 1 atom stereocenters. The Bertz CT molecular complexity index is 598. The number of methoxy groups -OCH3 is 1. The first-order valence-corrected chi connectivity index (χ1v) is 7.25. The summed E-state index contributed by atoms with van der Waals surface area (Å²) in [6.07, 6.45) is -0.270. The Morgan fingerprint density at radius 1 is 1.14 bits per heavy atom. The van der Waals surface area contributed by atoms with Gasteiger partial charge in [0, 0.05) is 17.0 Å². The van der Waals surface area contributed by atoms with Crippen LogP contribution in [0.2, 0.25) is 5.02 Å². The maximum atomic E-state index is 10.5. The van der Waals surface area contributed by atoms with Crippen LogP contribution in [0, 0.1) is 0 Å². The van der Waals surface area contributed by atoms with Gasteiger partial charge in [0.15, 0.2) is 0 Å². The molecule has 2 aromatic carbocycles. The van der Waals surface area contributed by atoms with Crippen molar-refractivity contribution >= 4 is 11.6 Å². The Morgan fingerprint density at radius 3 is 2.62 bits per heavy atom. The summed E-state index contributed by atoms with van der Waals surface area (Å²) in [5, 5.41) is 11.1. The van der Waals surface area contributed by atoms with E-state index in [-0.39, 0.29) is 0 Å². The molecule has 2 aromatic rings. The van der Waals surface area contributed by atoms with E-state index in [2.05, 4.69) is 0 Å². The third-order valence-electron chi connectivity index (χ3n) is 3.23. The van der Waals surface area contributed by atoms with E-state index in [0.717, 1.165) is 11.1 Å². The molecule has 2 rings (SSSR count). The average Bonchev–Trinajstić information content (AvgIpc) is 2.48. The maximum Gasteiger partial charge on any atom is 0.125 e. The van der Waals surface area contributed by atoms with Gasteiger partial charge in [-0.25, -0.2) is 0 Å². The number of rotatable bonds is 6. The molecule has 0 aliphatic rings. The number of hydrogen-bond donors (Lipinski definition) is 1. The highest BCUT2D eigenvalue weighted by molar-refractivity contribution is 6.30. The summed E-state index contributed by atoms with van der Waals surface area (Å²) < 4.78 is 10.9. The molecular weight excluding hydrogens is 288 g/mol. The minimum atomic E-state index is -0.680. The first kappa shape index (κ1) is 15.7. The van der Waals surface area contributed by atoms with Crippen molar-refractivity contribution in [3.05, 3.63) is 58.6 Å². The third-order valence-corrected chi connectivity index (χ3v) is 3.47. The molecule has 0 amide bonds. The lowest BCUT2D eigenvalue weighted by Gasteiger charge is -2.17. The second kappa shape index (κ2) is 7.34. The fraction of sp³-hybridized carbons (Fsp3) is 0.294. The summed E-state index contributed by atoms with van der Waals surface area (Å²) in [7, 11) is 1.60. The van der Waals surface area contributed by atoms with Crippen LogP contribution in [0.5, 0.6) is 11.5 Å². The molecule has 0 radical (unpaired) electrons. The molecule has 3 nitrogen and oxygen atoms in total. The lowest BCUT2D eigenvalue weighted by molar-refractivity contribution is 0.171. The Labute approximate surface area is 130 Å². The molecule has 0 heterocycles. The van der Waals surface area contributed by atoms with Gasteiger partial charge in [-0.05, 0) is 36.8 Å². The van der Waals surface area contributed by atoms with E-state index in [1.165, 1.54) is 0 Å². The molecule has 0 fully saturated rings. The van der Waals surface area contributed by atoms with Crippen molar-refractivity contribution in [2.45, 2.75) is 19.4 Å². The standard InChI is InChI=1S/C17H19ClO3/c1-3-21-17-7-5-4-6-14(17)15(19)11-12-10-13(18)8-9-16(12)20-2/h4-10,15,19H,3,11H2,1-2H3. The zero-order valence-corrected chi connectivity index (χ0v) is 12.9. The lowest BCUT2D eigenvalue weighted by atomic mass is 10.00. The molecule has 1 N–H and O–H groups in total. The van der Waals surface area contributed by atoms with Crippen LogP contribution in [0.4, 0.5) is 0 Å². The summed E-state index contributed by atoms with van der Waals surface area (Å²) in [5.41, 5.74) is 1.63. The number of aliphatic hydroxyl groups is 1.